The summed E-state index contributed by atoms with van der Waals surface area (Å²) in [5.41, 5.74) is 16.3. The second-order valence-corrected chi connectivity index (χ2v) is 5.28. The molecular formula is C11H22N8O2. The zero-order valence-electron chi connectivity index (χ0n) is 12.6. The van der Waals surface area contributed by atoms with Crippen LogP contribution in [0.2, 0.25) is 0 Å². The Morgan fingerprint density at radius 2 is 1.81 bits per heavy atom. The van der Waals surface area contributed by atoms with Gasteiger partial charge >= 0.3 is 0 Å². The first kappa shape index (κ1) is 18.4. The molecule has 0 saturated heterocycles. The summed E-state index contributed by atoms with van der Waals surface area (Å²) < 4.78 is 0. The number of nitrogens with two attached hydrogens (primary N) is 2. The van der Waals surface area contributed by atoms with Gasteiger partial charge in [-0.25, -0.2) is 5.01 Å². The lowest BCUT2D eigenvalue weighted by molar-refractivity contribution is -0.127. The molecule has 8 N–H and O–H groups in total. The first-order valence-corrected chi connectivity index (χ1v) is 6.04. The largest absolute Gasteiger partial charge is 0.391 e. The highest BCUT2D eigenvalue weighted by Gasteiger charge is 2.23. The van der Waals surface area contributed by atoms with Crippen LogP contribution < -0.4 is 22.1 Å². The third-order valence-electron chi connectivity index (χ3n) is 2.43. The van der Waals surface area contributed by atoms with Crippen molar-refractivity contribution < 1.29 is 9.59 Å². The van der Waals surface area contributed by atoms with Gasteiger partial charge in [0.05, 0.1) is 6.54 Å². The van der Waals surface area contributed by atoms with Crippen molar-refractivity contribution in [2.75, 3.05) is 13.6 Å². The van der Waals surface area contributed by atoms with E-state index in [0.29, 0.717) is 0 Å². The number of amidine groups is 1. The molecule has 0 unspecified atom stereocenters. The van der Waals surface area contributed by atoms with Crippen LogP contribution in [0.15, 0.2) is 16.7 Å². The second-order valence-electron chi connectivity index (χ2n) is 5.28. The number of carbonyl (C=O) groups excluding carboxylic acids is 2. The van der Waals surface area contributed by atoms with E-state index in [1.54, 1.807) is 20.8 Å². The van der Waals surface area contributed by atoms with Gasteiger partial charge in [-0.1, -0.05) is 26.0 Å². The van der Waals surface area contributed by atoms with Gasteiger partial charge < -0.3 is 22.1 Å². The number of likely N-dealkylation sites (N-methyl/N-ethyl adjacent to an activating group) is 1. The Hall–Kier alpha value is -2.65. The smallest absolute Gasteiger partial charge is 0.268 e. The highest BCUT2D eigenvalue weighted by atomic mass is 16.2. The molecule has 0 atom stereocenters. The lowest BCUT2D eigenvalue weighted by Gasteiger charge is -2.22. The molecule has 0 rings (SSSR count). The highest BCUT2D eigenvalue weighted by molar-refractivity contribution is 5.93. The maximum atomic E-state index is 11.9. The molecule has 21 heavy (non-hydrogen) atoms. The normalized spacial score (nSPS) is 12.0. The second kappa shape index (κ2) is 7.22. The molecule has 0 aromatic rings. The van der Waals surface area contributed by atoms with E-state index < -0.39 is 11.3 Å². The molecule has 0 radical (unpaired) electrons. The van der Waals surface area contributed by atoms with Crippen LogP contribution in [0.3, 0.4) is 0 Å². The minimum absolute atomic E-state index is 0.0650. The van der Waals surface area contributed by atoms with E-state index in [0.717, 1.165) is 5.01 Å². The molecule has 118 valence electrons. The number of hydrogen-bond acceptors (Lipinski definition) is 7. The van der Waals surface area contributed by atoms with E-state index in [-0.39, 0.29) is 29.8 Å². The van der Waals surface area contributed by atoms with Gasteiger partial charge in [0, 0.05) is 12.5 Å². The average Bonchev–Trinajstić information content (AvgIpc) is 2.39. The lowest BCUT2D eigenvalue weighted by atomic mass is 9.96. The van der Waals surface area contributed by atoms with Crippen molar-refractivity contribution in [3.05, 3.63) is 11.5 Å². The fraction of sp³-hybridized carbons (Fsp3) is 0.545. The average molecular weight is 298 g/mol. The Morgan fingerprint density at radius 1 is 1.29 bits per heavy atom. The summed E-state index contributed by atoms with van der Waals surface area (Å²) in [6, 6.07) is 0. The van der Waals surface area contributed by atoms with E-state index in [2.05, 4.69) is 15.9 Å². The van der Waals surface area contributed by atoms with Crippen molar-refractivity contribution in [1.82, 2.24) is 15.6 Å². The molecule has 0 spiro atoms. The van der Waals surface area contributed by atoms with E-state index >= 15 is 0 Å². The minimum atomic E-state index is -0.906. The first-order valence-electron chi connectivity index (χ1n) is 6.04. The summed E-state index contributed by atoms with van der Waals surface area (Å²) in [5.74, 6) is -1.42. The van der Waals surface area contributed by atoms with Gasteiger partial charge in [0.2, 0.25) is 5.91 Å². The van der Waals surface area contributed by atoms with Crippen molar-refractivity contribution in [1.29, 1.82) is 10.9 Å². The van der Waals surface area contributed by atoms with Crippen LogP contribution in [0.25, 0.3) is 0 Å². The lowest BCUT2D eigenvalue weighted by Crippen LogP contribution is -2.44. The predicted molar refractivity (Wildman–Crippen MR) is 76.6 cm³/mol. The summed E-state index contributed by atoms with van der Waals surface area (Å²) in [6.45, 7) is 4.96. The Kier molecular flexibility index (Phi) is 6.31. The van der Waals surface area contributed by atoms with Crippen molar-refractivity contribution in [2.45, 2.75) is 20.8 Å². The van der Waals surface area contributed by atoms with Crippen molar-refractivity contribution >= 4 is 17.6 Å². The first-order chi connectivity index (χ1) is 9.50. The maximum absolute atomic E-state index is 11.9. The van der Waals surface area contributed by atoms with Crippen LogP contribution in [0.1, 0.15) is 20.8 Å². The van der Waals surface area contributed by atoms with Gasteiger partial charge in [0.15, 0.2) is 0 Å². The van der Waals surface area contributed by atoms with Crippen molar-refractivity contribution in [3.8, 4) is 0 Å². The van der Waals surface area contributed by atoms with Gasteiger partial charge in [-0.2, -0.15) is 5.53 Å². The number of carbonyl (C=O) groups is 2. The third-order valence-corrected chi connectivity index (χ3v) is 2.43. The number of nitrogens with one attached hydrogen (secondary N) is 4. The number of amides is 2. The highest BCUT2D eigenvalue weighted by Crippen LogP contribution is 2.13. The number of primary amides is 1. The molecule has 0 fully saturated rings. The summed E-state index contributed by atoms with van der Waals surface area (Å²) >= 11 is 0. The number of hydrogen-bond donors (Lipinski definition) is 6. The fourth-order valence-electron chi connectivity index (χ4n) is 0.978. The van der Waals surface area contributed by atoms with Crippen LogP contribution in [0.4, 0.5) is 0 Å². The SMILES string of the molecule is CN(N=N)C(=N)CN/C(NC(=O)C(C)(C)C)=C(\N)C(N)=O. The standard InChI is InChI=1S/C11H22N8O2/c1-11(2,3)10(21)17-9(7(13)8(14)20)16-5-6(12)19(4)18-15/h12,15-16H,5,13H2,1-4H3,(H2,14,20)(H,17,21)/b9-7+,12-6?,18-15?. The van der Waals surface area contributed by atoms with Crippen LogP contribution >= 0.6 is 0 Å². The maximum Gasteiger partial charge on any atom is 0.268 e. The van der Waals surface area contributed by atoms with E-state index in [9.17, 15) is 9.59 Å². The van der Waals surface area contributed by atoms with Crippen molar-refractivity contribution in [2.24, 2.45) is 22.1 Å². The zero-order chi connectivity index (χ0) is 16.8. The summed E-state index contributed by atoms with van der Waals surface area (Å²) in [5, 5.41) is 16.7. The van der Waals surface area contributed by atoms with Gasteiger partial charge in [-0.3, -0.25) is 15.0 Å². The molecule has 10 nitrogen and oxygen atoms in total. The number of nitrogens with zero attached hydrogens (tertiary/aromatic N) is 2. The van der Waals surface area contributed by atoms with Gasteiger partial charge in [-0.15, -0.1) is 0 Å². The van der Waals surface area contributed by atoms with Gasteiger partial charge in [-0.05, 0) is 0 Å². The fourth-order valence-corrected chi connectivity index (χ4v) is 0.978. The third kappa shape index (κ3) is 5.89. The molecule has 10 heteroatoms. The van der Waals surface area contributed by atoms with Crippen LogP contribution in [-0.2, 0) is 9.59 Å². The summed E-state index contributed by atoms with van der Waals surface area (Å²) in [6.07, 6.45) is 0. The molecule has 2 amide bonds. The molecular weight excluding hydrogens is 276 g/mol. The topological polar surface area (TPSA) is 174 Å². The van der Waals surface area contributed by atoms with Gasteiger partial charge in [0.1, 0.15) is 17.4 Å². The Labute approximate surface area is 122 Å². The molecule has 0 aromatic heterocycles. The molecule has 0 aromatic carbocycles. The summed E-state index contributed by atoms with van der Waals surface area (Å²) in [7, 11) is 1.41. The van der Waals surface area contributed by atoms with E-state index in [1.807, 2.05) is 0 Å². The Bertz CT molecular complexity index is 477. The van der Waals surface area contributed by atoms with Crippen LogP contribution in [0, 0.1) is 16.4 Å². The molecule has 0 saturated carbocycles. The van der Waals surface area contributed by atoms with E-state index in [1.165, 1.54) is 7.05 Å². The quantitative estimate of drug-likeness (QED) is 0.124. The van der Waals surface area contributed by atoms with E-state index in [4.69, 9.17) is 22.4 Å². The molecule has 0 aliphatic heterocycles. The summed E-state index contributed by atoms with van der Waals surface area (Å²) in [4.78, 5) is 23.1. The van der Waals surface area contributed by atoms with Crippen LogP contribution in [0.5, 0.6) is 0 Å². The zero-order valence-corrected chi connectivity index (χ0v) is 12.6. The number of rotatable bonds is 6. The molecule has 0 heterocycles. The van der Waals surface area contributed by atoms with Crippen LogP contribution in [-0.4, -0.2) is 36.3 Å². The van der Waals surface area contributed by atoms with Crippen molar-refractivity contribution in [3.63, 3.8) is 0 Å². The molecule has 0 aliphatic rings. The molecule has 0 aliphatic carbocycles. The Morgan fingerprint density at radius 3 is 2.19 bits per heavy atom. The molecule has 0 bridgehead atoms. The minimum Gasteiger partial charge on any atom is -0.391 e. The predicted octanol–water partition coefficient (Wildman–Crippen LogP) is -0.794. The Balaban J connectivity index is 5.08. The van der Waals surface area contributed by atoms with Gasteiger partial charge in [0.25, 0.3) is 5.91 Å². The monoisotopic (exact) mass is 298 g/mol.